The molecule has 0 amide bonds. The second-order valence-corrected chi connectivity index (χ2v) is 7.29. The number of thiazole rings is 1. The molecule has 0 aliphatic heterocycles. The summed E-state index contributed by atoms with van der Waals surface area (Å²) >= 11 is 1.30. The molecule has 0 unspecified atom stereocenters. The zero-order chi connectivity index (χ0) is 16.5. The van der Waals surface area contributed by atoms with Crippen LogP contribution in [0.15, 0.2) is 33.6 Å². The first-order valence-electron chi connectivity index (χ1n) is 6.47. The van der Waals surface area contributed by atoms with Crippen molar-refractivity contribution in [1.29, 1.82) is 0 Å². The monoisotopic (exact) mass is 341 g/mol. The number of non-ortho nitro benzene ring substituents is 1. The van der Waals surface area contributed by atoms with Gasteiger partial charge in [0.1, 0.15) is 0 Å². The summed E-state index contributed by atoms with van der Waals surface area (Å²) in [5.41, 5.74) is 0.678. The molecule has 0 aliphatic carbocycles. The third-order valence-corrected chi connectivity index (χ3v) is 6.01. The molecule has 0 saturated heterocycles. The van der Waals surface area contributed by atoms with Gasteiger partial charge in [0.15, 0.2) is 0 Å². The zero-order valence-electron chi connectivity index (χ0n) is 12.3. The fourth-order valence-electron chi connectivity index (χ4n) is 1.90. The van der Waals surface area contributed by atoms with Crippen molar-refractivity contribution in [3.8, 4) is 0 Å². The molecule has 0 atom stereocenters. The Balaban J connectivity index is 2.59. The molecule has 2 aromatic rings. The van der Waals surface area contributed by atoms with Crippen molar-refractivity contribution in [2.24, 2.45) is 11.4 Å². The summed E-state index contributed by atoms with van der Waals surface area (Å²) in [4.78, 5) is 11.3. The molecule has 0 saturated carbocycles. The minimum absolute atomic E-state index is 0.189. The highest BCUT2D eigenvalue weighted by Crippen LogP contribution is 2.19. The van der Waals surface area contributed by atoms with Crippen molar-refractivity contribution >= 4 is 27.0 Å². The van der Waals surface area contributed by atoms with Crippen LogP contribution in [0.4, 0.5) is 5.69 Å². The fourth-order valence-corrected chi connectivity index (χ4v) is 4.22. The van der Waals surface area contributed by atoms with Crippen LogP contribution >= 0.6 is 11.3 Å². The molecule has 1 heterocycles. The quantitative estimate of drug-likeness (QED) is 0.629. The topological polar surface area (TPSA) is 94.6 Å². The fraction of sp³-hybridized carbons (Fsp3) is 0.308. The van der Waals surface area contributed by atoms with Crippen LogP contribution in [0, 0.1) is 17.0 Å². The van der Waals surface area contributed by atoms with Crippen molar-refractivity contribution in [3.05, 3.63) is 49.8 Å². The predicted octanol–water partition coefficient (Wildman–Crippen LogP) is 2.16. The minimum Gasteiger partial charge on any atom is -0.323 e. The molecular formula is C13H15N3O4S2. The average molecular weight is 341 g/mol. The van der Waals surface area contributed by atoms with Crippen molar-refractivity contribution in [2.75, 3.05) is 0 Å². The summed E-state index contributed by atoms with van der Waals surface area (Å²) in [6.07, 6.45) is 0.788. The molecule has 7 nitrogen and oxygen atoms in total. The van der Waals surface area contributed by atoms with E-state index in [0.29, 0.717) is 4.80 Å². The summed E-state index contributed by atoms with van der Waals surface area (Å²) in [6.45, 7) is 3.88. The van der Waals surface area contributed by atoms with Gasteiger partial charge in [-0.25, -0.2) is 0 Å². The van der Waals surface area contributed by atoms with E-state index in [-0.39, 0.29) is 10.6 Å². The number of nitro groups is 1. The Bertz CT molecular complexity index is 894. The molecule has 0 radical (unpaired) electrons. The number of benzene rings is 1. The van der Waals surface area contributed by atoms with Crippen molar-refractivity contribution in [1.82, 2.24) is 4.57 Å². The lowest BCUT2D eigenvalue weighted by Gasteiger charge is -1.99. The average Bonchev–Trinajstić information content (AvgIpc) is 2.74. The minimum atomic E-state index is -3.99. The summed E-state index contributed by atoms with van der Waals surface area (Å²) in [5, 5.41) is 10.8. The van der Waals surface area contributed by atoms with E-state index in [4.69, 9.17) is 0 Å². The van der Waals surface area contributed by atoms with E-state index in [9.17, 15) is 18.5 Å². The highest BCUT2D eigenvalue weighted by molar-refractivity contribution is 7.90. The lowest BCUT2D eigenvalue weighted by Crippen LogP contribution is -2.14. The Morgan fingerprint density at radius 1 is 1.41 bits per heavy atom. The van der Waals surface area contributed by atoms with Crippen LogP contribution in [0.5, 0.6) is 0 Å². The van der Waals surface area contributed by atoms with Crippen LogP contribution in [0.3, 0.4) is 0 Å². The molecule has 118 valence electrons. The SMILES string of the molecule is CCc1sc(=NS(=O)(=O)c2cccc([N+](=O)[O-])c2)n(C)c1C. The van der Waals surface area contributed by atoms with E-state index in [1.165, 1.54) is 29.5 Å². The molecular weight excluding hydrogens is 326 g/mol. The van der Waals surface area contributed by atoms with Crippen LogP contribution in [0.2, 0.25) is 0 Å². The van der Waals surface area contributed by atoms with Gasteiger partial charge in [-0.1, -0.05) is 13.0 Å². The molecule has 0 bridgehead atoms. The van der Waals surface area contributed by atoms with Crippen LogP contribution < -0.4 is 4.80 Å². The second kappa shape index (κ2) is 6.01. The van der Waals surface area contributed by atoms with Gasteiger partial charge in [0.2, 0.25) is 4.80 Å². The summed E-state index contributed by atoms with van der Waals surface area (Å²) in [5.74, 6) is 0. The standard InChI is InChI=1S/C13H15N3O4S2/c1-4-12-9(2)15(3)13(21-12)14-22(19,20)11-7-5-6-10(8-11)16(17)18/h5-8H,4H2,1-3H3. The Morgan fingerprint density at radius 3 is 2.64 bits per heavy atom. The number of hydrogen-bond acceptors (Lipinski definition) is 5. The van der Waals surface area contributed by atoms with Crippen molar-refractivity contribution < 1.29 is 13.3 Å². The number of aromatic nitrogens is 1. The Hall–Kier alpha value is -2.00. The molecule has 0 fully saturated rings. The first-order valence-corrected chi connectivity index (χ1v) is 8.72. The summed E-state index contributed by atoms with van der Waals surface area (Å²) in [6, 6.07) is 4.88. The smallest absolute Gasteiger partial charge is 0.285 e. The lowest BCUT2D eigenvalue weighted by molar-refractivity contribution is -0.385. The van der Waals surface area contributed by atoms with E-state index in [2.05, 4.69) is 4.40 Å². The van der Waals surface area contributed by atoms with E-state index < -0.39 is 14.9 Å². The van der Waals surface area contributed by atoms with Crippen LogP contribution in [-0.4, -0.2) is 17.9 Å². The number of sulfonamides is 1. The Kier molecular flexibility index (Phi) is 4.47. The molecule has 1 aromatic carbocycles. The van der Waals surface area contributed by atoms with E-state index in [1.807, 2.05) is 13.8 Å². The number of nitrogens with zero attached hydrogens (tertiary/aromatic N) is 3. The first kappa shape index (κ1) is 16.4. The van der Waals surface area contributed by atoms with Gasteiger partial charge in [0, 0.05) is 29.8 Å². The maximum absolute atomic E-state index is 12.3. The number of rotatable bonds is 4. The van der Waals surface area contributed by atoms with E-state index in [1.54, 1.807) is 11.6 Å². The van der Waals surface area contributed by atoms with Gasteiger partial charge in [0.05, 0.1) is 9.82 Å². The summed E-state index contributed by atoms with van der Waals surface area (Å²) < 4.78 is 30.2. The molecule has 9 heteroatoms. The van der Waals surface area contributed by atoms with Crippen LogP contribution in [0.25, 0.3) is 0 Å². The molecule has 0 aliphatic rings. The predicted molar refractivity (Wildman–Crippen MR) is 83.3 cm³/mol. The molecule has 22 heavy (non-hydrogen) atoms. The van der Waals surface area contributed by atoms with Gasteiger partial charge in [-0.15, -0.1) is 15.7 Å². The highest BCUT2D eigenvalue weighted by Gasteiger charge is 2.17. The third-order valence-electron chi connectivity index (χ3n) is 3.25. The van der Waals surface area contributed by atoms with Crippen LogP contribution in [0.1, 0.15) is 17.5 Å². The lowest BCUT2D eigenvalue weighted by atomic mass is 10.3. The number of nitro benzene ring substituents is 1. The molecule has 0 spiro atoms. The molecule has 1 aromatic heterocycles. The van der Waals surface area contributed by atoms with Crippen LogP contribution in [-0.2, 0) is 23.5 Å². The number of hydrogen-bond donors (Lipinski definition) is 0. The summed E-state index contributed by atoms with van der Waals surface area (Å²) in [7, 11) is -2.25. The molecule has 0 N–H and O–H groups in total. The second-order valence-electron chi connectivity index (χ2n) is 4.63. The highest BCUT2D eigenvalue weighted by atomic mass is 32.2. The van der Waals surface area contributed by atoms with Gasteiger partial charge in [-0.3, -0.25) is 10.1 Å². The molecule has 2 rings (SSSR count). The van der Waals surface area contributed by atoms with E-state index >= 15 is 0 Å². The zero-order valence-corrected chi connectivity index (χ0v) is 13.9. The van der Waals surface area contributed by atoms with Gasteiger partial charge in [-0.2, -0.15) is 8.42 Å². The maximum Gasteiger partial charge on any atom is 0.285 e. The normalized spacial score (nSPS) is 12.6. The Labute approximate surface area is 131 Å². The van der Waals surface area contributed by atoms with Crippen molar-refractivity contribution in [2.45, 2.75) is 25.2 Å². The van der Waals surface area contributed by atoms with Gasteiger partial charge < -0.3 is 4.57 Å². The van der Waals surface area contributed by atoms with Gasteiger partial charge in [-0.05, 0) is 19.4 Å². The first-order chi connectivity index (χ1) is 10.3. The number of aryl methyl sites for hydroxylation is 1. The largest absolute Gasteiger partial charge is 0.323 e. The van der Waals surface area contributed by atoms with Gasteiger partial charge >= 0.3 is 0 Å². The van der Waals surface area contributed by atoms with Crippen molar-refractivity contribution in [3.63, 3.8) is 0 Å². The van der Waals surface area contributed by atoms with Gasteiger partial charge in [0.25, 0.3) is 15.7 Å². The maximum atomic E-state index is 12.3. The Morgan fingerprint density at radius 2 is 2.09 bits per heavy atom. The third kappa shape index (κ3) is 3.09. The van der Waals surface area contributed by atoms with E-state index in [0.717, 1.165) is 23.1 Å².